The first kappa shape index (κ1) is 14.0. The summed E-state index contributed by atoms with van der Waals surface area (Å²) < 4.78 is 10.8. The van der Waals surface area contributed by atoms with E-state index >= 15 is 0 Å². The number of fused-ring (bicyclic) bond motifs is 1. The van der Waals surface area contributed by atoms with Crippen molar-refractivity contribution in [2.24, 2.45) is 11.3 Å². The van der Waals surface area contributed by atoms with Crippen LogP contribution in [0, 0.1) is 11.3 Å². The Kier molecular flexibility index (Phi) is 3.32. The molecule has 2 saturated heterocycles. The molecule has 2 aliphatic heterocycles. The zero-order valence-corrected chi connectivity index (χ0v) is 12.5. The molecule has 120 valence electrons. The molecule has 2 atom stereocenters. The first-order valence-electron chi connectivity index (χ1n) is 8.09. The van der Waals surface area contributed by atoms with Gasteiger partial charge in [-0.1, -0.05) is 11.6 Å². The van der Waals surface area contributed by atoms with E-state index in [1.54, 1.807) is 0 Å². The molecule has 1 saturated carbocycles. The molecule has 0 bridgehead atoms. The third kappa shape index (κ3) is 2.10. The molecule has 7 heteroatoms. The lowest BCUT2D eigenvalue weighted by Crippen LogP contribution is -2.35. The van der Waals surface area contributed by atoms with E-state index < -0.39 is 11.4 Å². The summed E-state index contributed by atoms with van der Waals surface area (Å²) in [5, 5.41) is 13.8. The highest BCUT2D eigenvalue weighted by Gasteiger charge is 2.55. The summed E-state index contributed by atoms with van der Waals surface area (Å²) in [6.45, 7) is 2.68. The lowest BCUT2D eigenvalue weighted by molar-refractivity contribution is -0.149. The van der Waals surface area contributed by atoms with Gasteiger partial charge >= 0.3 is 12.0 Å². The molecular weight excluding hydrogens is 286 g/mol. The number of hydrogen-bond donors (Lipinski definition) is 1. The molecule has 3 aliphatic rings. The van der Waals surface area contributed by atoms with Crippen LogP contribution in [-0.2, 0) is 9.53 Å². The van der Waals surface area contributed by atoms with E-state index in [0.717, 1.165) is 51.1 Å². The van der Waals surface area contributed by atoms with Crippen molar-refractivity contribution in [2.45, 2.75) is 38.0 Å². The van der Waals surface area contributed by atoms with Crippen molar-refractivity contribution in [1.82, 2.24) is 10.1 Å². The molecule has 1 aromatic heterocycles. The van der Waals surface area contributed by atoms with Crippen molar-refractivity contribution in [3.63, 3.8) is 0 Å². The minimum atomic E-state index is -0.679. The van der Waals surface area contributed by atoms with Gasteiger partial charge in [-0.3, -0.25) is 4.79 Å². The van der Waals surface area contributed by atoms with Gasteiger partial charge < -0.3 is 19.3 Å². The van der Waals surface area contributed by atoms with Crippen LogP contribution in [-0.4, -0.2) is 47.5 Å². The minimum absolute atomic E-state index is 0.198. The summed E-state index contributed by atoms with van der Waals surface area (Å²) in [4.78, 5) is 18.2. The molecule has 7 nitrogen and oxygen atoms in total. The van der Waals surface area contributed by atoms with Gasteiger partial charge in [0.15, 0.2) is 5.82 Å². The van der Waals surface area contributed by atoms with Crippen molar-refractivity contribution < 1.29 is 19.2 Å². The summed E-state index contributed by atoms with van der Waals surface area (Å²) in [5.74, 6) is 0.548. The largest absolute Gasteiger partial charge is 0.481 e. The first-order chi connectivity index (χ1) is 10.7. The number of aromatic nitrogens is 2. The van der Waals surface area contributed by atoms with Crippen LogP contribution in [0.25, 0.3) is 0 Å². The Hall–Kier alpha value is -1.63. The van der Waals surface area contributed by atoms with Gasteiger partial charge in [-0.25, -0.2) is 0 Å². The second-order valence-electron chi connectivity index (χ2n) is 6.75. The van der Waals surface area contributed by atoms with Crippen molar-refractivity contribution in [2.75, 3.05) is 31.2 Å². The van der Waals surface area contributed by atoms with Crippen LogP contribution in [0.15, 0.2) is 4.52 Å². The maximum absolute atomic E-state index is 11.7. The number of aliphatic carboxylic acids is 1. The number of carboxylic acids is 1. The zero-order chi connectivity index (χ0) is 15.2. The predicted octanol–water partition coefficient (Wildman–Crippen LogP) is 1.65. The third-order valence-electron chi connectivity index (χ3n) is 5.58. The molecule has 0 spiro atoms. The van der Waals surface area contributed by atoms with E-state index in [1.165, 1.54) is 0 Å². The molecule has 4 rings (SSSR count). The molecule has 3 heterocycles. The van der Waals surface area contributed by atoms with Gasteiger partial charge in [0, 0.05) is 32.2 Å². The van der Waals surface area contributed by atoms with Crippen molar-refractivity contribution >= 4 is 12.0 Å². The van der Waals surface area contributed by atoms with Crippen LogP contribution in [0.4, 0.5) is 6.01 Å². The molecule has 3 fully saturated rings. The second-order valence-corrected chi connectivity index (χ2v) is 6.75. The number of anilines is 1. The van der Waals surface area contributed by atoms with Crippen LogP contribution in [0.3, 0.4) is 0 Å². The summed E-state index contributed by atoms with van der Waals surface area (Å²) in [7, 11) is 0. The van der Waals surface area contributed by atoms with Gasteiger partial charge in [-0.15, -0.1) is 0 Å². The van der Waals surface area contributed by atoms with E-state index in [-0.39, 0.29) is 5.92 Å². The van der Waals surface area contributed by atoms with E-state index in [4.69, 9.17) is 9.26 Å². The Balaban J connectivity index is 1.52. The Morgan fingerprint density at radius 1 is 1.32 bits per heavy atom. The van der Waals surface area contributed by atoms with E-state index in [2.05, 4.69) is 10.1 Å². The van der Waals surface area contributed by atoms with Crippen LogP contribution >= 0.6 is 0 Å². The Bertz CT molecular complexity index is 569. The van der Waals surface area contributed by atoms with Crippen molar-refractivity contribution in [3.05, 3.63) is 5.82 Å². The molecule has 1 aliphatic carbocycles. The standard InChI is InChI=1S/C15H21N3O4/c19-13(20)15-5-1-2-11(15)8-18(9-15)14-16-12(17-22-14)10-3-6-21-7-4-10/h10-11H,1-9H2,(H,19,20)/t11-,15+/m0/s1. The minimum Gasteiger partial charge on any atom is -0.481 e. The fourth-order valence-electron chi connectivity index (χ4n) is 4.26. The van der Waals surface area contributed by atoms with Gasteiger partial charge in [0.25, 0.3) is 0 Å². The topological polar surface area (TPSA) is 88.7 Å². The first-order valence-corrected chi connectivity index (χ1v) is 8.09. The van der Waals surface area contributed by atoms with Gasteiger partial charge in [0.1, 0.15) is 0 Å². The monoisotopic (exact) mass is 307 g/mol. The average Bonchev–Trinajstić information content (AvgIpc) is 3.21. The summed E-state index contributed by atoms with van der Waals surface area (Å²) in [5.41, 5.74) is -0.618. The number of ether oxygens (including phenoxy) is 1. The van der Waals surface area contributed by atoms with Crippen LogP contribution in [0.2, 0.25) is 0 Å². The van der Waals surface area contributed by atoms with Crippen LogP contribution in [0.5, 0.6) is 0 Å². The van der Waals surface area contributed by atoms with Gasteiger partial charge in [0.2, 0.25) is 0 Å². The van der Waals surface area contributed by atoms with Gasteiger partial charge in [0.05, 0.1) is 5.41 Å². The average molecular weight is 307 g/mol. The second kappa shape index (κ2) is 5.22. The van der Waals surface area contributed by atoms with Crippen LogP contribution in [0.1, 0.15) is 43.8 Å². The molecule has 0 aromatic carbocycles. The number of hydrogen-bond acceptors (Lipinski definition) is 6. The van der Waals surface area contributed by atoms with E-state index in [0.29, 0.717) is 25.0 Å². The summed E-state index contributed by atoms with van der Waals surface area (Å²) in [6.07, 6.45) is 4.57. The van der Waals surface area contributed by atoms with E-state index in [9.17, 15) is 9.90 Å². The van der Waals surface area contributed by atoms with Gasteiger partial charge in [-0.05, 0) is 31.6 Å². The predicted molar refractivity (Wildman–Crippen MR) is 76.7 cm³/mol. The highest BCUT2D eigenvalue weighted by Crippen LogP contribution is 2.49. The Morgan fingerprint density at radius 2 is 2.14 bits per heavy atom. The van der Waals surface area contributed by atoms with Crippen molar-refractivity contribution in [3.8, 4) is 0 Å². The SMILES string of the molecule is O=C(O)[C@@]12CCC[C@H]1CN(c1nc(C3CCOCC3)no1)C2. The molecular formula is C15H21N3O4. The molecule has 0 amide bonds. The molecule has 22 heavy (non-hydrogen) atoms. The lowest BCUT2D eigenvalue weighted by Gasteiger charge is -2.22. The summed E-state index contributed by atoms with van der Waals surface area (Å²) >= 11 is 0. The lowest BCUT2D eigenvalue weighted by atomic mass is 9.81. The Labute approximate surface area is 128 Å². The van der Waals surface area contributed by atoms with Gasteiger partial charge in [-0.2, -0.15) is 4.98 Å². The van der Waals surface area contributed by atoms with Crippen molar-refractivity contribution in [1.29, 1.82) is 0 Å². The Morgan fingerprint density at radius 3 is 2.86 bits per heavy atom. The quantitative estimate of drug-likeness (QED) is 0.908. The third-order valence-corrected chi connectivity index (χ3v) is 5.58. The highest BCUT2D eigenvalue weighted by molar-refractivity contribution is 5.77. The van der Waals surface area contributed by atoms with E-state index in [1.807, 2.05) is 4.90 Å². The smallest absolute Gasteiger partial charge is 0.324 e. The molecule has 1 N–H and O–H groups in total. The maximum atomic E-state index is 11.7. The number of nitrogens with zero attached hydrogens (tertiary/aromatic N) is 3. The zero-order valence-electron chi connectivity index (χ0n) is 12.5. The fraction of sp³-hybridized carbons (Fsp3) is 0.800. The molecule has 1 aromatic rings. The maximum Gasteiger partial charge on any atom is 0.324 e. The summed E-state index contributed by atoms with van der Waals surface area (Å²) in [6, 6.07) is 0.483. The highest BCUT2D eigenvalue weighted by atomic mass is 16.5. The normalized spacial score (nSPS) is 32.4. The number of rotatable bonds is 3. The fourth-order valence-corrected chi connectivity index (χ4v) is 4.26. The number of carboxylic acid groups (broad SMARTS) is 1. The molecule has 0 radical (unpaired) electrons. The number of carbonyl (C=O) groups is 1. The molecule has 0 unspecified atom stereocenters. The van der Waals surface area contributed by atoms with Crippen LogP contribution < -0.4 is 4.90 Å².